The van der Waals surface area contributed by atoms with E-state index in [9.17, 15) is 21.6 Å². The molecular weight excluding hydrogens is 359 g/mol. The molecule has 1 N–H and O–H groups in total. The number of rotatable bonds is 9. The molecule has 1 aromatic carbocycles. The number of benzene rings is 1. The van der Waals surface area contributed by atoms with E-state index in [1.165, 1.54) is 12.1 Å². The first kappa shape index (κ1) is 21.4. The van der Waals surface area contributed by atoms with Gasteiger partial charge in [-0.05, 0) is 23.3 Å². The molecule has 5 nitrogen and oxygen atoms in total. The van der Waals surface area contributed by atoms with Crippen molar-refractivity contribution in [3.8, 4) is 11.5 Å². The van der Waals surface area contributed by atoms with E-state index in [0.29, 0.717) is 29.5 Å². The largest absolute Gasteiger partial charge is 0.489 e. The number of halogens is 3. The molecule has 0 heterocycles. The maximum atomic E-state index is 13.0. The molecule has 11 heteroatoms. The summed E-state index contributed by atoms with van der Waals surface area (Å²) in [5.41, 5.74) is 1.26. The Labute approximate surface area is 146 Å². The second-order valence-corrected chi connectivity index (χ2v) is 6.77. The molecule has 1 rings (SSSR count). The lowest BCUT2D eigenvalue weighted by molar-refractivity contribution is -0.188. The van der Waals surface area contributed by atoms with Crippen molar-refractivity contribution in [1.29, 1.82) is 0 Å². The van der Waals surface area contributed by atoms with Gasteiger partial charge in [0, 0.05) is 0 Å². The van der Waals surface area contributed by atoms with Gasteiger partial charge < -0.3 is 9.47 Å². The summed E-state index contributed by atoms with van der Waals surface area (Å²) in [7, 11) is -1.25. The van der Waals surface area contributed by atoms with Crippen LogP contribution < -0.4 is 9.47 Å². The van der Waals surface area contributed by atoms with E-state index in [-0.39, 0.29) is 12.4 Å². The van der Waals surface area contributed by atoms with Gasteiger partial charge in [-0.25, -0.2) is 0 Å². The minimum Gasteiger partial charge on any atom is -0.489 e. The first-order valence-corrected chi connectivity index (χ1v) is 9.20. The van der Waals surface area contributed by atoms with Crippen molar-refractivity contribution in [1.82, 2.24) is 0 Å². The lowest BCUT2D eigenvalue weighted by atomic mass is 9.89. The van der Waals surface area contributed by atoms with E-state index in [4.69, 9.17) is 14.0 Å². The molecule has 0 aromatic heterocycles. The van der Waals surface area contributed by atoms with Crippen molar-refractivity contribution in [3.05, 3.63) is 35.9 Å². The highest BCUT2D eigenvalue weighted by Gasteiger charge is 2.44. The zero-order chi connectivity index (χ0) is 19.3. The molecule has 0 bridgehead atoms. The summed E-state index contributed by atoms with van der Waals surface area (Å²) in [6.07, 6.45) is -5.12. The summed E-state index contributed by atoms with van der Waals surface area (Å²) in [4.78, 5) is 0. The van der Waals surface area contributed by atoms with Crippen LogP contribution in [-0.2, 0) is 22.8 Å². The Bertz CT molecular complexity index is 682. The van der Waals surface area contributed by atoms with Crippen LogP contribution in [0.4, 0.5) is 13.2 Å². The fourth-order valence-electron chi connectivity index (χ4n) is 2.19. The predicted molar refractivity (Wildman–Crippen MR) is 93.5 cm³/mol. The fourth-order valence-corrected chi connectivity index (χ4v) is 2.83. The molecule has 0 saturated heterocycles. The number of alkyl halides is 3. The molecule has 25 heavy (non-hydrogen) atoms. The van der Waals surface area contributed by atoms with Crippen molar-refractivity contribution < 1.29 is 35.6 Å². The van der Waals surface area contributed by atoms with E-state index in [0.717, 1.165) is 0 Å². The van der Waals surface area contributed by atoms with E-state index in [1.807, 2.05) is 0 Å². The van der Waals surface area contributed by atoms with Crippen LogP contribution in [0.25, 0.3) is 0 Å². The molecule has 1 aromatic rings. The van der Waals surface area contributed by atoms with E-state index in [2.05, 4.69) is 6.58 Å². The van der Waals surface area contributed by atoms with Gasteiger partial charge in [-0.15, -0.1) is 0 Å². The third-order valence-corrected chi connectivity index (χ3v) is 4.05. The van der Waals surface area contributed by atoms with Gasteiger partial charge in [0.05, 0.1) is 0 Å². The molecular formula is C14H19B2F3O5S. The topological polar surface area (TPSA) is 72.8 Å². The van der Waals surface area contributed by atoms with Crippen molar-refractivity contribution in [3.63, 3.8) is 0 Å². The molecule has 1 unspecified atom stereocenters. The number of hydrogen-bond donors (Lipinski definition) is 1. The van der Waals surface area contributed by atoms with E-state index in [1.54, 1.807) is 21.8 Å². The molecule has 0 aliphatic carbocycles. The average Bonchev–Trinajstić information content (AvgIpc) is 2.49. The quantitative estimate of drug-likeness (QED) is 0.390. The Morgan fingerprint density at radius 1 is 1.24 bits per heavy atom. The Hall–Kier alpha value is -1.61. The highest BCUT2D eigenvalue weighted by molar-refractivity contribution is 7.85. The zero-order valence-electron chi connectivity index (χ0n) is 14.0. The van der Waals surface area contributed by atoms with E-state index >= 15 is 0 Å². The lowest BCUT2D eigenvalue weighted by Crippen LogP contribution is -2.40. The summed E-state index contributed by atoms with van der Waals surface area (Å²) < 4.78 is 79.9. The van der Waals surface area contributed by atoms with Crippen LogP contribution in [0.15, 0.2) is 24.8 Å². The molecule has 0 aliphatic rings. The van der Waals surface area contributed by atoms with Crippen molar-refractivity contribution in [2.24, 2.45) is 0 Å². The normalized spacial score (nSPS) is 13.3. The lowest BCUT2D eigenvalue weighted by Gasteiger charge is -2.22. The zero-order valence-corrected chi connectivity index (χ0v) is 14.8. The Morgan fingerprint density at radius 2 is 1.76 bits per heavy atom. The summed E-state index contributed by atoms with van der Waals surface area (Å²) in [5, 5.41) is 0. The van der Waals surface area contributed by atoms with Crippen LogP contribution in [0.3, 0.4) is 0 Å². The van der Waals surface area contributed by atoms with E-state index < -0.39 is 28.2 Å². The Morgan fingerprint density at radius 3 is 2.12 bits per heavy atom. The van der Waals surface area contributed by atoms with Gasteiger partial charge in [-0.2, -0.15) is 21.6 Å². The highest BCUT2D eigenvalue weighted by Crippen LogP contribution is 2.33. The predicted octanol–water partition coefficient (Wildman–Crippen LogP) is 0.715. The van der Waals surface area contributed by atoms with Crippen molar-refractivity contribution >= 4 is 25.8 Å². The molecule has 0 aliphatic heterocycles. The Balaban J connectivity index is 3.24. The number of ether oxygens (including phenoxy) is 2. The van der Waals surface area contributed by atoms with Crippen molar-refractivity contribution in [2.75, 3.05) is 12.4 Å². The van der Waals surface area contributed by atoms with Gasteiger partial charge in [0.25, 0.3) is 10.1 Å². The summed E-state index contributed by atoms with van der Waals surface area (Å²) in [6.45, 7) is 3.79. The van der Waals surface area contributed by atoms with Crippen LogP contribution in [0.5, 0.6) is 11.5 Å². The van der Waals surface area contributed by atoms with Gasteiger partial charge in [-0.1, -0.05) is 25.3 Å². The second kappa shape index (κ2) is 8.66. The smallest absolute Gasteiger partial charge is 0.426 e. The first-order chi connectivity index (χ1) is 11.5. The van der Waals surface area contributed by atoms with Gasteiger partial charge in [-0.3, -0.25) is 4.55 Å². The summed E-state index contributed by atoms with van der Waals surface area (Å²) >= 11 is 0. The molecule has 0 fully saturated rings. The van der Waals surface area contributed by atoms with Crippen LogP contribution in [0, 0.1) is 0 Å². The van der Waals surface area contributed by atoms with Gasteiger partial charge in [0.1, 0.15) is 39.6 Å². The molecule has 0 spiro atoms. The minimum absolute atomic E-state index is 0.134. The van der Waals surface area contributed by atoms with Crippen LogP contribution in [0.2, 0.25) is 0 Å². The fraction of sp³-hybridized carbons (Fsp3) is 0.429. The van der Waals surface area contributed by atoms with Gasteiger partial charge >= 0.3 is 6.18 Å². The third kappa shape index (κ3) is 6.66. The standard InChI is InChI=1S/C14H19B2F3O5S/c1-2-3-23-13-9(6-15)4-11(5-10(13)7-16)24-12(14(17,18)19)8-25(20,21)22/h2,4-5,12H,1,3,6-8,15-16H2,(H,20,21,22). The maximum absolute atomic E-state index is 13.0. The molecule has 0 saturated carbocycles. The van der Waals surface area contributed by atoms with Crippen LogP contribution in [0.1, 0.15) is 11.1 Å². The monoisotopic (exact) mass is 378 g/mol. The van der Waals surface area contributed by atoms with Crippen LogP contribution >= 0.6 is 0 Å². The molecule has 1 atom stereocenters. The average molecular weight is 378 g/mol. The minimum atomic E-state index is -4.95. The van der Waals surface area contributed by atoms with Gasteiger partial charge in [0.2, 0.25) is 6.10 Å². The second-order valence-electron chi connectivity index (χ2n) is 5.27. The highest BCUT2D eigenvalue weighted by atomic mass is 32.2. The SMILES string of the molecule is BCc1cc(OC(CS(=O)(=O)O)C(F)(F)F)cc(CB)c1OCC=C. The first-order valence-electron chi connectivity index (χ1n) is 7.59. The third-order valence-electron chi connectivity index (χ3n) is 3.33. The summed E-state index contributed by atoms with van der Waals surface area (Å²) in [6, 6.07) is 2.75. The number of hydrogen-bond acceptors (Lipinski definition) is 4. The van der Waals surface area contributed by atoms with Crippen molar-refractivity contribution in [2.45, 2.75) is 24.9 Å². The molecule has 138 valence electrons. The van der Waals surface area contributed by atoms with Crippen LogP contribution in [-0.4, -0.2) is 53.3 Å². The maximum Gasteiger partial charge on any atom is 0.426 e. The summed E-state index contributed by atoms with van der Waals surface area (Å²) in [5.74, 6) is -1.16. The Kier molecular flexibility index (Phi) is 7.43. The molecule has 0 radical (unpaired) electrons. The molecule has 0 amide bonds. The van der Waals surface area contributed by atoms with Gasteiger partial charge in [0.15, 0.2) is 0 Å².